The number of nitrogens with one attached hydrogen (secondary N) is 1. The average molecular weight is 468 g/mol. The summed E-state index contributed by atoms with van der Waals surface area (Å²) >= 11 is 0. The first kappa shape index (κ1) is 22.7. The Labute approximate surface area is 205 Å². The number of aryl methyl sites for hydroxylation is 3. The summed E-state index contributed by atoms with van der Waals surface area (Å²) < 4.78 is 14.0. The molecule has 4 aromatic rings. The normalized spacial score (nSPS) is 11.9. The fourth-order valence-corrected chi connectivity index (χ4v) is 4.61. The van der Waals surface area contributed by atoms with E-state index < -0.39 is 0 Å². The summed E-state index contributed by atoms with van der Waals surface area (Å²) in [5, 5.41) is 3.02. The van der Waals surface area contributed by atoms with Crippen LogP contribution < -0.4 is 14.8 Å². The number of fused-ring (bicyclic) bond motifs is 3. The van der Waals surface area contributed by atoms with Crippen LogP contribution in [0.3, 0.4) is 0 Å². The van der Waals surface area contributed by atoms with Crippen molar-refractivity contribution in [3.05, 3.63) is 94.9 Å². The van der Waals surface area contributed by atoms with Crippen molar-refractivity contribution in [2.75, 3.05) is 7.11 Å². The number of nitrogens with zero attached hydrogens (tertiary/aromatic N) is 2. The number of benzene rings is 2. The predicted octanol–water partition coefficient (Wildman–Crippen LogP) is 5.31. The van der Waals surface area contributed by atoms with E-state index in [1.807, 2.05) is 43.3 Å². The highest BCUT2D eigenvalue weighted by atomic mass is 16.5. The zero-order chi connectivity index (χ0) is 24.4. The van der Waals surface area contributed by atoms with Crippen molar-refractivity contribution in [1.82, 2.24) is 14.9 Å². The van der Waals surface area contributed by atoms with Gasteiger partial charge in [-0.3, -0.25) is 9.78 Å². The van der Waals surface area contributed by atoms with Crippen LogP contribution in [0.4, 0.5) is 0 Å². The Morgan fingerprint density at radius 3 is 2.80 bits per heavy atom. The molecule has 6 heteroatoms. The van der Waals surface area contributed by atoms with Crippen LogP contribution in [0.15, 0.2) is 66.9 Å². The Hall–Kier alpha value is -4.06. The Morgan fingerprint density at radius 2 is 1.97 bits per heavy atom. The summed E-state index contributed by atoms with van der Waals surface area (Å²) in [6.45, 7) is 4.97. The second-order valence-corrected chi connectivity index (χ2v) is 8.85. The van der Waals surface area contributed by atoms with Crippen LogP contribution in [0.5, 0.6) is 11.5 Å². The van der Waals surface area contributed by atoms with Crippen LogP contribution in [0.2, 0.25) is 0 Å². The highest BCUT2D eigenvalue weighted by molar-refractivity contribution is 5.78. The number of hydrogen-bond acceptors (Lipinski definition) is 4. The lowest BCUT2D eigenvalue weighted by molar-refractivity contribution is -0.121. The average Bonchev–Trinajstić information content (AvgIpc) is 3.25. The minimum absolute atomic E-state index is 0.00621. The maximum Gasteiger partial charge on any atom is 0.220 e. The van der Waals surface area contributed by atoms with Crippen LogP contribution in [-0.2, 0) is 24.4 Å². The molecule has 3 heterocycles. The molecule has 178 valence electrons. The number of rotatable bonds is 7. The molecule has 2 aromatic carbocycles. The summed E-state index contributed by atoms with van der Waals surface area (Å²) in [5.41, 5.74) is 8.31. The van der Waals surface area contributed by atoms with Crippen molar-refractivity contribution < 1.29 is 14.3 Å². The van der Waals surface area contributed by atoms with Crippen molar-refractivity contribution in [3.63, 3.8) is 0 Å². The van der Waals surface area contributed by atoms with Gasteiger partial charge in [0.1, 0.15) is 18.1 Å². The molecule has 0 unspecified atom stereocenters. The molecule has 0 spiro atoms. The van der Waals surface area contributed by atoms with Crippen molar-refractivity contribution in [3.8, 4) is 28.4 Å². The first-order valence-corrected chi connectivity index (χ1v) is 11.8. The molecule has 5 rings (SSSR count). The van der Waals surface area contributed by atoms with Gasteiger partial charge in [0, 0.05) is 29.4 Å². The topological polar surface area (TPSA) is 65.4 Å². The minimum Gasteiger partial charge on any atom is -0.495 e. The van der Waals surface area contributed by atoms with Gasteiger partial charge >= 0.3 is 0 Å². The fourth-order valence-electron chi connectivity index (χ4n) is 4.61. The van der Waals surface area contributed by atoms with Crippen LogP contribution in [0.1, 0.15) is 34.5 Å². The molecule has 1 aliphatic heterocycles. The number of carbonyl (C=O) groups is 1. The summed E-state index contributed by atoms with van der Waals surface area (Å²) in [6, 6.07) is 20.3. The zero-order valence-corrected chi connectivity index (χ0v) is 20.3. The number of amides is 1. The van der Waals surface area contributed by atoms with Gasteiger partial charge in [-0.2, -0.15) is 0 Å². The van der Waals surface area contributed by atoms with E-state index in [-0.39, 0.29) is 5.91 Å². The van der Waals surface area contributed by atoms with Crippen LogP contribution in [-0.4, -0.2) is 22.6 Å². The maximum atomic E-state index is 12.8. The van der Waals surface area contributed by atoms with Crippen molar-refractivity contribution >= 4 is 5.91 Å². The molecule has 2 aromatic heterocycles. The molecule has 35 heavy (non-hydrogen) atoms. The fraction of sp³-hybridized carbons (Fsp3) is 0.241. The zero-order valence-electron chi connectivity index (χ0n) is 20.3. The van der Waals surface area contributed by atoms with Gasteiger partial charge in [-0.25, -0.2) is 0 Å². The summed E-state index contributed by atoms with van der Waals surface area (Å²) in [6.07, 6.45) is 2.70. The molecule has 0 radical (unpaired) electrons. The van der Waals surface area contributed by atoms with Gasteiger partial charge in [-0.15, -0.1) is 0 Å². The lowest BCUT2D eigenvalue weighted by Crippen LogP contribution is -2.24. The highest BCUT2D eigenvalue weighted by Crippen LogP contribution is 2.42. The first-order valence-electron chi connectivity index (χ1n) is 11.8. The molecule has 1 amide bonds. The molecule has 1 N–H and O–H groups in total. The summed E-state index contributed by atoms with van der Waals surface area (Å²) in [4.78, 5) is 17.1. The lowest BCUT2D eigenvalue weighted by atomic mass is 10.0. The standard InChI is InChI=1S/C29H29N3O3/c1-19-10-12-25(27(15-19)34-3)32-22(11-13-28(33)31-17-24-20(2)7-6-14-30-24)16-21-18-35-26-9-5-4-8-23(26)29(21)32/h4-10,12,14-16H,11,13,17-18H2,1-3H3,(H,31,33). The van der Waals surface area contributed by atoms with E-state index in [1.165, 1.54) is 0 Å². The van der Waals surface area contributed by atoms with Gasteiger partial charge in [0.25, 0.3) is 0 Å². The Morgan fingerprint density at radius 1 is 1.11 bits per heavy atom. The maximum absolute atomic E-state index is 12.8. The van der Waals surface area contributed by atoms with Crippen LogP contribution in [0.25, 0.3) is 16.9 Å². The smallest absolute Gasteiger partial charge is 0.220 e. The van der Waals surface area contributed by atoms with E-state index >= 15 is 0 Å². The highest BCUT2D eigenvalue weighted by Gasteiger charge is 2.26. The number of para-hydroxylation sites is 1. The summed E-state index contributed by atoms with van der Waals surface area (Å²) in [7, 11) is 1.69. The molecule has 0 saturated heterocycles. The molecule has 6 nitrogen and oxygen atoms in total. The molecule has 0 aliphatic carbocycles. The third kappa shape index (κ3) is 4.52. The van der Waals surface area contributed by atoms with Crippen molar-refractivity contribution in [2.45, 2.75) is 39.8 Å². The number of methoxy groups -OCH3 is 1. The predicted molar refractivity (Wildman–Crippen MR) is 136 cm³/mol. The second kappa shape index (κ2) is 9.66. The molecule has 0 saturated carbocycles. The van der Waals surface area contributed by atoms with E-state index in [4.69, 9.17) is 9.47 Å². The Bertz CT molecular complexity index is 1390. The van der Waals surface area contributed by atoms with E-state index in [0.717, 1.165) is 56.5 Å². The second-order valence-electron chi connectivity index (χ2n) is 8.85. The quantitative estimate of drug-likeness (QED) is 0.400. The molecule has 0 fully saturated rings. The number of hydrogen-bond donors (Lipinski definition) is 1. The minimum atomic E-state index is -0.00621. The number of aromatic nitrogens is 2. The van der Waals surface area contributed by atoms with Crippen molar-refractivity contribution in [2.24, 2.45) is 0 Å². The number of carbonyl (C=O) groups excluding carboxylic acids is 1. The van der Waals surface area contributed by atoms with Crippen LogP contribution >= 0.6 is 0 Å². The van der Waals surface area contributed by atoms with Gasteiger partial charge in [0.05, 0.1) is 30.7 Å². The van der Waals surface area contributed by atoms with Gasteiger partial charge in [0.15, 0.2) is 0 Å². The van der Waals surface area contributed by atoms with Gasteiger partial charge < -0.3 is 19.4 Å². The molecule has 0 atom stereocenters. The van der Waals surface area contributed by atoms with Gasteiger partial charge in [-0.1, -0.05) is 24.3 Å². The van der Waals surface area contributed by atoms with Crippen LogP contribution in [0, 0.1) is 13.8 Å². The SMILES string of the molecule is COc1cc(C)ccc1-n1c(CCC(=O)NCc2ncccc2C)cc2c1-c1ccccc1OC2. The van der Waals surface area contributed by atoms with Gasteiger partial charge in [0.2, 0.25) is 5.91 Å². The van der Waals surface area contributed by atoms with Gasteiger partial charge in [-0.05, 0) is 67.8 Å². The van der Waals surface area contributed by atoms with E-state index in [0.29, 0.717) is 26.0 Å². The van der Waals surface area contributed by atoms with Crippen molar-refractivity contribution in [1.29, 1.82) is 0 Å². The number of pyridine rings is 1. The Kier molecular flexibility index (Phi) is 6.27. The Balaban J connectivity index is 1.47. The molecular formula is C29H29N3O3. The molecule has 0 bridgehead atoms. The largest absolute Gasteiger partial charge is 0.495 e. The third-order valence-corrected chi connectivity index (χ3v) is 6.44. The van der Waals surface area contributed by atoms with E-state index in [9.17, 15) is 4.79 Å². The third-order valence-electron chi connectivity index (χ3n) is 6.44. The molecule has 1 aliphatic rings. The lowest BCUT2D eigenvalue weighted by Gasteiger charge is -2.22. The number of ether oxygens (including phenoxy) is 2. The van der Waals surface area contributed by atoms with E-state index in [2.05, 4.69) is 46.1 Å². The monoisotopic (exact) mass is 467 g/mol. The first-order chi connectivity index (χ1) is 17.0. The van der Waals surface area contributed by atoms with E-state index in [1.54, 1.807) is 13.3 Å². The summed E-state index contributed by atoms with van der Waals surface area (Å²) in [5.74, 6) is 1.65. The molecular weight excluding hydrogens is 438 g/mol.